The number of nitrogens with one attached hydrogen (secondary N) is 2. The van der Waals surface area contributed by atoms with Crippen LogP contribution in [-0.2, 0) is 6.42 Å². The molecule has 3 aromatic carbocycles. The van der Waals surface area contributed by atoms with E-state index in [1.54, 1.807) is 18.2 Å². The van der Waals surface area contributed by atoms with Gasteiger partial charge in [-0.05, 0) is 73.0 Å². The van der Waals surface area contributed by atoms with E-state index in [4.69, 9.17) is 40.1 Å². The molecule has 1 aliphatic rings. The van der Waals surface area contributed by atoms with Gasteiger partial charge in [-0.15, -0.1) is 11.6 Å². The summed E-state index contributed by atoms with van der Waals surface area (Å²) in [6, 6.07) is 18.0. The van der Waals surface area contributed by atoms with Gasteiger partial charge in [-0.3, -0.25) is 0 Å². The summed E-state index contributed by atoms with van der Waals surface area (Å²) in [7, 11) is 0. The summed E-state index contributed by atoms with van der Waals surface area (Å²) in [6.07, 6.45) is 0.141. The maximum atomic E-state index is 14.5. The van der Waals surface area contributed by atoms with Gasteiger partial charge in [-0.1, -0.05) is 48.5 Å². The van der Waals surface area contributed by atoms with E-state index in [-0.39, 0.29) is 23.9 Å². The molecule has 0 aromatic heterocycles. The molecule has 3 aromatic rings. The molecule has 7 heteroatoms. The Bertz CT molecular complexity index is 1390. The minimum atomic E-state index is -0.489. The van der Waals surface area contributed by atoms with E-state index in [1.807, 2.05) is 44.2 Å². The van der Waals surface area contributed by atoms with Crippen LogP contribution in [0.4, 0.5) is 15.8 Å². The molecule has 1 saturated carbocycles. The van der Waals surface area contributed by atoms with E-state index >= 15 is 0 Å². The Hall–Kier alpha value is -2.97. The van der Waals surface area contributed by atoms with Crippen LogP contribution in [-0.4, -0.2) is 4.87 Å². The molecule has 0 spiro atoms. The van der Waals surface area contributed by atoms with Crippen molar-refractivity contribution in [3.05, 3.63) is 112 Å². The molecule has 0 radical (unpaired) electrons. The van der Waals surface area contributed by atoms with Gasteiger partial charge in [0.15, 0.2) is 0 Å². The number of benzene rings is 3. The fraction of sp³-hybridized carbons (Fsp3) is 0.207. The Morgan fingerprint density at radius 3 is 2.50 bits per heavy atom. The second-order valence-corrected chi connectivity index (χ2v) is 10.9. The second-order valence-electron chi connectivity index (χ2n) is 9.27. The van der Waals surface area contributed by atoms with Gasteiger partial charge in [0.2, 0.25) is 0 Å². The molecule has 36 heavy (non-hydrogen) atoms. The average Bonchev–Trinajstić information content (AvgIpc) is 3.38. The van der Waals surface area contributed by atoms with Gasteiger partial charge in [-0.25, -0.2) is 4.39 Å². The van der Waals surface area contributed by atoms with Crippen molar-refractivity contribution in [3.8, 4) is 6.07 Å². The zero-order chi connectivity index (χ0) is 26.2. The van der Waals surface area contributed by atoms with Crippen molar-refractivity contribution in [1.29, 1.82) is 5.26 Å². The maximum Gasteiger partial charge on any atom is 0.146 e. The topological polar surface area (TPSA) is 47.9 Å². The number of alkyl halides is 1. The lowest BCUT2D eigenvalue weighted by molar-refractivity contribution is 0.630. The van der Waals surface area contributed by atoms with E-state index < -0.39 is 10.7 Å². The van der Waals surface area contributed by atoms with Crippen LogP contribution in [0.3, 0.4) is 0 Å². The van der Waals surface area contributed by atoms with Crippen molar-refractivity contribution in [1.82, 2.24) is 0 Å². The molecule has 0 amide bonds. The Balaban J connectivity index is 1.50. The van der Waals surface area contributed by atoms with E-state index in [2.05, 4.69) is 29.9 Å². The van der Waals surface area contributed by atoms with Crippen molar-refractivity contribution in [2.24, 2.45) is 5.92 Å². The fourth-order valence-corrected chi connectivity index (χ4v) is 5.65. The van der Waals surface area contributed by atoms with E-state index in [9.17, 15) is 4.39 Å². The van der Waals surface area contributed by atoms with Crippen molar-refractivity contribution in [2.75, 3.05) is 10.6 Å². The summed E-state index contributed by atoms with van der Waals surface area (Å²) >= 11 is 19.6. The second kappa shape index (κ2) is 10.2. The Morgan fingerprint density at radius 1 is 1.08 bits per heavy atom. The van der Waals surface area contributed by atoms with Crippen LogP contribution < -0.4 is 10.6 Å². The third kappa shape index (κ3) is 5.39. The lowest BCUT2D eigenvalue weighted by Crippen LogP contribution is -2.06. The first-order valence-corrected chi connectivity index (χ1v) is 12.5. The van der Waals surface area contributed by atoms with Crippen LogP contribution in [0.5, 0.6) is 0 Å². The number of hydrogen-bond acceptors (Lipinski definition) is 3. The highest BCUT2D eigenvalue weighted by Crippen LogP contribution is 2.64. The average molecular weight is 541 g/mol. The number of nitriles is 1. The van der Waals surface area contributed by atoms with Crippen LogP contribution in [0, 0.1) is 30.0 Å². The molecule has 3 unspecified atom stereocenters. The van der Waals surface area contributed by atoms with Crippen molar-refractivity contribution in [2.45, 2.75) is 31.1 Å². The van der Waals surface area contributed by atoms with Gasteiger partial charge >= 0.3 is 0 Å². The van der Waals surface area contributed by atoms with Gasteiger partial charge < -0.3 is 10.6 Å². The Kier molecular flexibility index (Phi) is 7.38. The van der Waals surface area contributed by atoms with E-state index in [1.165, 1.54) is 6.07 Å². The highest BCUT2D eigenvalue weighted by atomic mass is 35.5. The largest absolute Gasteiger partial charge is 0.359 e. The van der Waals surface area contributed by atoms with Crippen LogP contribution in [0.2, 0.25) is 10.0 Å². The number of aryl methyl sites for hydroxylation is 1. The van der Waals surface area contributed by atoms with Gasteiger partial charge in [0, 0.05) is 39.5 Å². The minimum Gasteiger partial charge on any atom is -0.359 e. The molecule has 0 aliphatic heterocycles. The first-order chi connectivity index (χ1) is 17.0. The SMILES string of the molecule is C=C(Nc1ccc(CC#N)cc1F)c1cc(NC(=C)C2C(c3cc(C)cc(Cl)c3)C2(C)Cl)ccc1Cl. The standard InChI is InChI=1S/C29H25Cl3FN3/c1-16-11-20(14-21(30)12-16)28-27(29(28,4)32)18(3)35-22-6-7-24(31)23(15-22)17(2)36-26-8-5-19(9-10-34)13-25(26)33/h5-8,11-15,27-28,35-36H,2-3,9H2,1,4H3. The third-order valence-electron chi connectivity index (χ3n) is 6.44. The molecule has 0 heterocycles. The number of nitrogens with zero attached hydrogens (tertiary/aromatic N) is 1. The fourth-order valence-electron chi connectivity index (χ4n) is 4.68. The molecule has 4 rings (SSSR count). The first kappa shape index (κ1) is 26.1. The zero-order valence-electron chi connectivity index (χ0n) is 19.9. The van der Waals surface area contributed by atoms with Crippen molar-refractivity contribution >= 4 is 51.9 Å². The monoisotopic (exact) mass is 539 g/mol. The molecule has 0 saturated heterocycles. The molecule has 0 bridgehead atoms. The van der Waals surface area contributed by atoms with Gasteiger partial charge in [0.25, 0.3) is 0 Å². The molecular weight excluding hydrogens is 516 g/mol. The number of halogens is 4. The zero-order valence-corrected chi connectivity index (χ0v) is 22.2. The van der Waals surface area contributed by atoms with Gasteiger partial charge in [0.1, 0.15) is 5.82 Å². The number of rotatable bonds is 8. The Morgan fingerprint density at radius 2 is 1.83 bits per heavy atom. The van der Waals surface area contributed by atoms with Crippen molar-refractivity contribution in [3.63, 3.8) is 0 Å². The molecule has 1 fully saturated rings. The lowest BCUT2D eigenvalue weighted by atomic mass is 10.0. The van der Waals surface area contributed by atoms with Gasteiger partial charge in [0.05, 0.1) is 28.1 Å². The normalized spacial score (nSPS) is 20.4. The number of anilines is 2. The predicted octanol–water partition coefficient (Wildman–Crippen LogP) is 8.93. The van der Waals surface area contributed by atoms with Gasteiger partial charge in [-0.2, -0.15) is 5.26 Å². The first-order valence-electron chi connectivity index (χ1n) is 11.3. The summed E-state index contributed by atoms with van der Waals surface area (Å²) in [5.41, 5.74) is 5.60. The third-order valence-corrected chi connectivity index (χ3v) is 7.46. The predicted molar refractivity (Wildman–Crippen MR) is 149 cm³/mol. The summed E-state index contributed by atoms with van der Waals surface area (Å²) in [5.74, 6) is -0.398. The summed E-state index contributed by atoms with van der Waals surface area (Å²) < 4.78 is 14.5. The van der Waals surface area contributed by atoms with Crippen LogP contribution in [0.1, 0.15) is 35.1 Å². The minimum absolute atomic E-state index is 0.00138. The quantitative estimate of drug-likeness (QED) is 0.280. The highest BCUT2D eigenvalue weighted by Gasteiger charge is 2.62. The molecule has 3 atom stereocenters. The maximum absolute atomic E-state index is 14.5. The smallest absolute Gasteiger partial charge is 0.146 e. The summed E-state index contributed by atoms with van der Waals surface area (Å²) in [6.45, 7) is 12.3. The number of allylic oxidation sites excluding steroid dienone is 1. The molecule has 3 nitrogen and oxygen atoms in total. The van der Waals surface area contributed by atoms with Crippen LogP contribution in [0.25, 0.3) is 5.70 Å². The summed E-state index contributed by atoms with van der Waals surface area (Å²) in [4.78, 5) is -0.489. The lowest BCUT2D eigenvalue weighted by Gasteiger charge is -2.16. The molecule has 184 valence electrons. The van der Waals surface area contributed by atoms with E-state index in [0.717, 1.165) is 22.5 Å². The molecular formula is C29H25Cl3FN3. The van der Waals surface area contributed by atoms with E-state index in [0.29, 0.717) is 26.9 Å². The molecule has 1 aliphatic carbocycles. The van der Waals surface area contributed by atoms with Crippen LogP contribution in [0.15, 0.2) is 73.5 Å². The molecule has 2 N–H and O–H groups in total. The van der Waals surface area contributed by atoms with Crippen LogP contribution >= 0.6 is 34.8 Å². The number of hydrogen-bond donors (Lipinski definition) is 2. The highest BCUT2D eigenvalue weighted by molar-refractivity contribution is 6.32. The Labute approximate surface area is 226 Å². The van der Waals surface area contributed by atoms with Crippen molar-refractivity contribution < 1.29 is 4.39 Å². The summed E-state index contributed by atoms with van der Waals surface area (Å²) in [5, 5.41) is 16.3.